The van der Waals surface area contributed by atoms with Crippen molar-refractivity contribution in [2.45, 2.75) is 44.6 Å². The van der Waals surface area contributed by atoms with Crippen LogP contribution in [0.25, 0.3) is 0 Å². The van der Waals surface area contributed by atoms with Crippen molar-refractivity contribution >= 4 is 18.4 Å². The second-order valence-corrected chi connectivity index (χ2v) is 4.20. The van der Waals surface area contributed by atoms with Gasteiger partial charge in [0.25, 0.3) is 0 Å². The molecular weight excluding hydrogens is 198 g/mol. The molecule has 0 saturated heterocycles. The van der Waals surface area contributed by atoms with Gasteiger partial charge in [-0.2, -0.15) is 0 Å². The van der Waals surface area contributed by atoms with Crippen molar-refractivity contribution in [1.29, 1.82) is 0 Å². The van der Waals surface area contributed by atoms with Crippen molar-refractivity contribution in [1.82, 2.24) is 5.32 Å². The Morgan fingerprint density at radius 1 is 1.14 bits per heavy atom. The molecule has 2 aliphatic rings. The van der Waals surface area contributed by atoms with Crippen molar-refractivity contribution in [3.05, 3.63) is 0 Å². The number of nitrogens with zero attached hydrogens (tertiary/aromatic N) is 1. The highest BCUT2D eigenvalue weighted by molar-refractivity contribution is 5.85. The van der Waals surface area contributed by atoms with Gasteiger partial charge in [0.05, 0.1) is 0 Å². The monoisotopic (exact) mass is 217 g/mol. The van der Waals surface area contributed by atoms with Gasteiger partial charge in [0, 0.05) is 12.6 Å². The van der Waals surface area contributed by atoms with Gasteiger partial charge in [-0.15, -0.1) is 12.4 Å². The van der Waals surface area contributed by atoms with Crippen LogP contribution < -0.4 is 11.1 Å². The van der Waals surface area contributed by atoms with Gasteiger partial charge in [-0.25, -0.2) is 0 Å². The molecule has 0 radical (unpaired) electrons. The molecule has 0 spiro atoms. The lowest BCUT2D eigenvalue weighted by Gasteiger charge is -2.32. The molecule has 0 aromatic carbocycles. The molecule has 3 nitrogen and oxygen atoms in total. The van der Waals surface area contributed by atoms with Crippen LogP contribution in [0.3, 0.4) is 0 Å². The summed E-state index contributed by atoms with van der Waals surface area (Å²) in [5.41, 5.74) is 5.67. The molecule has 1 aliphatic carbocycles. The fourth-order valence-corrected chi connectivity index (χ4v) is 2.52. The molecule has 0 aromatic rings. The van der Waals surface area contributed by atoms with Crippen LogP contribution in [0.1, 0.15) is 38.5 Å². The number of nitrogens with two attached hydrogens (primary N) is 1. The lowest BCUT2D eigenvalue weighted by atomic mass is 9.82. The Bertz CT molecular complexity index is 200. The smallest absolute Gasteiger partial charge is 0.188 e. The average Bonchev–Trinajstić information content (AvgIpc) is 2.19. The van der Waals surface area contributed by atoms with Crippen LogP contribution in [-0.4, -0.2) is 18.5 Å². The second-order valence-electron chi connectivity index (χ2n) is 4.20. The van der Waals surface area contributed by atoms with Gasteiger partial charge in [-0.1, -0.05) is 19.3 Å². The number of hydrogen-bond donors (Lipinski definition) is 2. The Labute approximate surface area is 92.0 Å². The van der Waals surface area contributed by atoms with Gasteiger partial charge in [0.1, 0.15) is 0 Å². The van der Waals surface area contributed by atoms with E-state index in [1.807, 2.05) is 0 Å². The molecule has 1 saturated carbocycles. The van der Waals surface area contributed by atoms with Gasteiger partial charge in [0.2, 0.25) is 0 Å². The van der Waals surface area contributed by atoms with Crippen molar-refractivity contribution in [3.63, 3.8) is 0 Å². The van der Waals surface area contributed by atoms with E-state index in [0.29, 0.717) is 12.0 Å². The maximum absolute atomic E-state index is 5.67. The third-order valence-corrected chi connectivity index (χ3v) is 3.27. The van der Waals surface area contributed by atoms with Gasteiger partial charge in [-0.05, 0) is 25.2 Å². The average molecular weight is 218 g/mol. The zero-order chi connectivity index (χ0) is 9.10. The number of halogens is 1. The molecule has 1 aliphatic heterocycles. The van der Waals surface area contributed by atoms with Gasteiger partial charge < -0.3 is 11.1 Å². The van der Waals surface area contributed by atoms with Crippen LogP contribution in [0.4, 0.5) is 0 Å². The van der Waals surface area contributed by atoms with Crippen LogP contribution in [0.2, 0.25) is 0 Å². The van der Waals surface area contributed by atoms with Crippen molar-refractivity contribution in [2.24, 2.45) is 16.6 Å². The summed E-state index contributed by atoms with van der Waals surface area (Å²) in [4.78, 5) is 4.16. The van der Waals surface area contributed by atoms with Gasteiger partial charge >= 0.3 is 0 Å². The first kappa shape index (κ1) is 11.6. The summed E-state index contributed by atoms with van der Waals surface area (Å²) in [5, 5.41) is 3.31. The zero-order valence-electron chi connectivity index (χ0n) is 8.54. The first-order valence-corrected chi connectivity index (χ1v) is 5.43. The Morgan fingerprint density at radius 3 is 2.50 bits per heavy atom. The highest BCUT2D eigenvalue weighted by atomic mass is 35.5. The highest BCUT2D eigenvalue weighted by Gasteiger charge is 2.25. The first-order valence-electron chi connectivity index (χ1n) is 5.43. The van der Waals surface area contributed by atoms with E-state index in [4.69, 9.17) is 5.73 Å². The topological polar surface area (TPSA) is 50.4 Å². The molecular formula is C10H20ClN3. The molecule has 1 unspecified atom stereocenters. The predicted octanol–water partition coefficient (Wildman–Crippen LogP) is 1.67. The molecule has 0 amide bonds. The minimum atomic E-state index is 0. The van der Waals surface area contributed by atoms with Crippen LogP contribution in [0.5, 0.6) is 0 Å². The number of guanidine groups is 1. The standard InChI is InChI=1S/C10H19N3.ClH/c11-10-12-7-6-9(13-10)8-4-2-1-3-5-8;/h8-9H,1-7H2,(H3,11,12,13);1H. The largest absolute Gasteiger partial charge is 0.370 e. The second kappa shape index (κ2) is 5.44. The zero-order valence-corrected chi connectivity index (χ0v) is 9.35. The molecule has 0 aromatic heterocycles. The van der Waals surface area contributed by atoms with E-state index in [2.05, 4.69) is 10.3 Å². The number of aliphatic imine (C=N–C) groups is 1. The minimum absolute atomic E-state index is 0. The fraction of sp³-hybridized carbons (Fsp3) is 0.900. The van der Waals surface area contributed by atoms with Gasteiger partial charge in [0.15, 0.2) is 5.96 Å². The number of hydrogen-bond acceptors (Lipinski definition) is 3. The van der Waals surface area contributed by atoms with Crippen LogP contribution in [-0.2, 0) is 0 Å². The van der Waals surface area contributed by atoms with Crippen LogP contribution in [0, 0.1) is 5.92 Å². The van der Waals surface area contributed by atoms with E-state index in [1.54, 1.807) is 0 Å². The summed E-state index contributed by atoms with van der Waals surface area (Å²) in [6.45, 7) is 0.917. The summed E-state index contributed by atoms with van der Waals surface area (Å²) in [5.74, 6) is 1.50. The Kier molecular flexibility index (Phi) is 4.52. The molecule has 1 atom stereocenters. The molecule has 1 fully saturated rings. The van der Waals surface area contributed by atoms with Crippen molar-refractivity contribution in [3.8, 4) is 0 Å². The molecule has 1 heterocycles. The maximum Gasteiger partial charge on any atom is 0.188 e. The highest BCUT2D eigenvalue weighted by Crippen LogP contribution is 2.28. The van der Waals surface area contributed by atoms with Crippen LogP contribution in [0.15, 0.2) is 4.99 Å². The molecule has 4 heteroatoms. The van der Waals surface area contributed by atoms with E-state index >= 15 is 0 Å². The lowest BCUT2D eigenvalue weighted by Crippen LogP contribution is -2.47. The molecule has 2 rings (SSSR count). The summed E-state index contributed by atoms with van der Waals surface area (Å²) in [7, 11) is 0. The number of nitrogens with one attached hydrogen (secondary N) is 1. The normalized spacial score (nSPS) is 28.6. The van der Waals surface area contributed by atoms with Crippen molar-refractivity contribution < 1.29 is 0 Å². The summed E-state index contributed by atoms with van der Waals surface area (Å²) in [6, 6.07) is 0.609. The Balaban J connectivity index is 0.000000980. The Hall–Kier alpha value is -0.440. The molecule has 14 heavy (non-hydrogen) atoms. The molecule has 0 bridgehead atoms. The molecule has 3 N–H and O–H groups in total. The number of rotatable bonds is 1. The van der Waals surface area contributed by atoms with E-state index in [0.717, 1.165) is 12.5 Å². The minimum Gasteiger partial charge on any atom is -0.370 e. The third kappa shape index (κ3) is 2.77. The van der Waals surface area contributed by atoms with Crippen LogP contribution >= 0.6 is 12.4 Å². The summed E-state index contributed by atoms with van der Waals surface area (Å²) in [6.07, 6.45) is 8.16. The first-order chi connectivity index (χ1) is 6.36. The quantitative estimate of drug-likeness (QED) is 0.702. The van der Waals surface area contributed by atoms with E-state index in [9.17, 15) is 0 Å². The maximum atomic E-state index is 5.67. The summed E-state index contributed by atoms with van der Waals surface area (Å²) >= 11 is 0. The SMILES string of the molecule is Cl.NC1=NCCC(C2CCCCC2)N1. The fourth-order valence-electron chi connectivity index (χ4n) is 2.52. The van der Waals surface area contributed by atoms with Gasteiger partial charge in [-0.3, -0.25) is 4.99 Å². The van der Waals surface area contributed by atoms with E-state index < -0.39 is 0 Å². The molecule has 82 valence electrons. The predicted molar refractivity (Wildman–Crippen MR) is 61.9 cm³/mol. The van der Waals surface area contributed by atoms with E-state index in [-0.39, 0.29) is 12.4 Å². The Morgan fingerprint density at radius 2 is 1.86 bits per heavy atom. The van der Waals surface area contributed by atoms with E-state index in [1.165, 1.54) is 38.5 Å². The lowest BCUT2D eigenvalue weighted by molar-refractivity contribution is 0.275. The summed E-state index contributed by atoms with van der Waals surface area (Å²) < 4.78 is 0. The third-order valence-electron chi connectivity index (χ3n) is 3.27. The van der Waals surface area contributed by atoms with Crippen molar-refractivity contribution in [2.75, 3.05) is 6.54 Å².